The SMILES string of the molecule is Cc1ccc(CNC(=O)C2CC(=O)N(c3ccc(F)cc3F)C2)c(C)c1. The van der Waals surface area contributed by atoms with Crippen molar-refractivity contribution in [3.8, 4) is 0 Å². The zero-order chi connectivity index (χ0) is 18.8. The molecule has 1 saturated heterocycles. The van der Waals surface area contributed by atoms with E-state index in [-0.39, 0.29) is 30.5 Å². The van der Waals surface area contributed by atoms with E-state index in [1.807, 2.05) is 32.0 Å². The van der Waals surface area contributed by atoms with Gasteiger partial charge in [-0.25, -0.2) is 8.78 Å². The Morgan fingerprint density at radius 2 is 1.96 bits per heavy atom. The van der Waals surface area contributed by atoms with Gasteiger partial charge >= 0.3 is 0 Å². The van der Waals surface area contributed by atoms with E-state index >= 15 is 0 Å². The maximum Gasteiger partial charge on any atom is 0.227 e. The van der Waals surface area contributed by atoms with Crippen LogP contribution < -0.4 is 10.2 Å². The topological polar surface area (TPSA) is 49.4 Å². The van der Waals surface area contributed by atoms with E-state index in [2.05, 4.69) is 5.32 Å². The van der Waals surface area contributed by atoms with Gasteiger partial charge < -0.3 is 10.2 Å². The van der Waals surface area contributed by atoms with Crippen LogP contribution >= 0.6 is 0 Å². The number of anilines is 1. The summed E-state index contributed by atoms with van der Waals surface area (Å²) in [6.45, 7) is 4.44. The molecule has 1 aliphatic heterocycles. The number of amides is 2. The monoisotopic (exact) mass is 358 g/mol. The molecule has 1 unspecified atom stereocenters. The molecule has 1 aliphatic rings. The Balaban J connectivity index is 1.65. The van der Waals surface area contributed by atoms with Gasteiger partial charge in [0.05, 0.1) is 11.6 Å². The Hall–Kier alpha value is -2.76. The summed E-state index contributed by atoms with van der Waals surface area (Å²) in [5.74, 6) is -2.67. The van der Waals surface area contributed by atoms with E-state index in [1.165, 1.54) is 11.0 Å². The molecule has 0 saturated carbocycles. The summed E-state index contributed by atoms with van der Waals surface area (Å²) in [5.41, 5.74) is 3.24. The first-order valence-electron chi connectivity index (χ1n) is 8.44. The van der Waals surface area contributed by atoms with E-state index in [0.29, 0.717) is 6.54 Å². The van der Waals surface area contributed by atoms with Crippen LogP contribution in [0.3, 0.4) is 0 Å². The predicted octanol–water partition coefficient (Wildman–Crippen LogP) is 3.25. The molecule has 0 bridgehead atoms. The molecule has 136 valence electrons. The summed E-state index contributed by atoms with van der Waals surface area (Å²) in [6, 6.07) is 9.03. The highest BCUT2D eigenvalue weighted by Gasteiger charge is 2.36. The molecule has 26 heavy (non-hydrogen) atoms. The standard InChI is InChI=1S/C20H20F2N2O2/c1-12-3-4-14(13(2)7-12)10-23-20(26)15-8-19(25)24(11-15)18-6-5-16(21)9-17(18)22/h3-7,9,15H,8,10-11H2,1-2H3,(H,23,26). The van der Waals surface area contributed by atoms with E-state index in [0.717, 1.165) is 28.8 Å². The third-order valence-electron chi connectivity index (χ3n) is 4.65. The third-order valence-corrected chi connectivity index (χ3v) is 4.65. The lowest BCUT2D eigenvalue weighted by Gasteiger charge is -2.17. The number of halogens is 2. The molecular formula is C20H20F2N2O2. The van der Waals surface area contributed by atoms with E-state index in [4.69, 9.17) is 0 Å². The number of aryl methyl sites for hydroxylation is 2. The maximum absolute atomic E-state index is 13.9. The first-order chi connectivity index (χ1) is 12.3. The fourth-order valence-corrected chi connectivity index (χ4v) is 3.19. The summed E-state index contributed by atoms with van der Waals surface area (Å²) >= 11 is 0. The molecular weight excluding hydrogens is 338 g/mol. The molecule has 1 N–H and O–H groups in total. The van der Waals surface area contributed by atoms with Crippen LogP contribution in [-0.2, 0) is 16.1 Å². The van der Waals surface area contributed by atoms with Crippen LogP contribution in [0, 0.1) is 31.4 Å². The van der Waals surface area contributed by atoms with E-state index in [1.54, 1.807) is 0 Å². The molecule has 1 heterocycles. The molecule has 1 atom stereocenters. The van der Waals surface area contributed by atoms with Gasteiger partial charge in [-0.05, 0) is 37.1 Å². The van der Waals surface area contributed by atoms with Crippen LogP contribution in [-0.4, -0.2) is 18.4 Å². The van der Waals surface area contributed by atoms with E-state index in [9.17, 15) is 18.4 Å². The number of nitrogens with zero attached hydrogens (tertiary/aromatic N) is 1. The highest BCUT2D eigenvalue weighted by molar-refractivity contribution is 6.00. The van der Waals surface area contributed by atoms with Crippen molar-refractivity contribution in [3.05, 3.63) is 64.7 Å². The fraction of sp³-hybridized carbons (Fsp3) is 0.300. The molecule has 3 rings (SSSR count). The molecule has 0 aromatic heterocycles. The first-order valence-corrected chi connectivity index (χ1v) is 8.44. The number of benzene rings is 2. The molecule has 0 aliphatic carbocycles. The minimum atomic E-state index is -0.810. The van der Waals surface area contributed by atoms with Crippen LogP contribution in [0.15, 0.2) is 36.4 Å². The largest absolute Gasteiger partial charge is 0.352 e. The van der Waals surface area contributed by atoms with Gasteiger partial charge in [0, 0.05) is 25.6 Å². The van der Waals surface area contributed by atoms with Crippen molar-refractivity contribution in [1.82, 2.24) is 5.32 Å². The van der Waals surface area contributed by atoms with Gasteiger partial charge in [0.1, 0.15) is 11.6 Å². The molecule has 6 heteroatoms. The fourth-order valence-electron chi connectivity index (χ4n) is 3.19. The zero-order valence-corrected chi connectivity index (χ0v) is 14.7. The number of nitrogens with one attached hydrogen (secondary N) is 1. The predicted molar refractivity (Wildman–Crippen MR) is 94.6 cm³/mol. The van der Waals surface area contributed by atoms with Gasteiger partial charge in [-0.1, -0.05) is 23.8 Å². The number of carbonyl (C=O) groups is 2. The normalized spacial score (nSPS) is 16.8. The lowest BCUT2D eigenvalue weighted by molar-refractivity contribution is -0.126. The maximum atomic E-state index is 13.9. The Morgan fingerprint density at radius 3 is 2.65 bits per heavy atom. The summed E-state index contributed by atoms with van der Waals surface area (Å²) in [7, 11) is 0. The molecule has 2 aromatic rings. The van der Waals surface area contributed by atoms with Crippen molar-refractivity contribution in [2.24, 2.45) is 5.92 Å². The molecule has 1 fully saturated rings. The van der Waals surface area contributed by atoms with Gasteiger partial charge in [-0.15, -0.1) is 0 Å². The molecule has 4 nitrogen and oxygen atoms in total. The lowest BCUT2D eigenvalue weighted by Crippen LogP contribution is -2.33. The molecule has 2 amide bonds. The van der Waals surface area contributed by atoms with Crippen molar-refractivity contribution < 1.29 is 18.4 Å². The Kier molecular flexibility index (Phi) is 5.02. The molecule has 0 spiro atoms. The second kappa shape index (κ2) is 7.23. The van der Waals surface area contributed by atoms with Gasteiger partial charge in [0.25, 0.3) is 0 Å². The number of rotatable bonds is 4. The number of hydrogen-bond acceptors (Lipinski definition) is 2. The summed E-state index contributed by atoms with van der Waals surface area (Å²) < 4.78 is 27.0. The highest BCUT2D eigenvalue weighted by atomic mass is 19.1. The van der Waals surface area contributed by atoms with Gasteiger partial charge in [0.2, 0.25) is 11.8 Å². The Bertz CT molecular complexity index is 867. The van der Waals surface area contributed by atoms with Crippen molar-refractivity contribution in [1.29, 1.82) is 0 Å². The van der Waals surface area contributed by atoms with Crippen LogP contribution in [0.25, 0.3) is 0 Å². The summed E-state index contributed by atoms with van der Waals surface area (Å²) in [4.78, 5) is 25.8. The minimum Gasteiger partial charge on any atom is -0.352 e. The number of hydrogen-bond donors (Lipinski definition) is 1. The van der Waals surface area contributed by atoms with Gasteiger partial charge in [-0.2, -0.15) is 0 Å². The smallest absolute Gasteiger partial charge is 0.227 e. The van der Waals surface area contributed by atoms with Crippen LogP contribution in [0.5, 0.6) is 0 Å². The highest BCUT2D eigenvalue weighted by Crippen LogP contribution is 2.28. The summed E-state index contributed by atoms with van der Waals surface area (Å²) in [6.07, 6.45) is 0.00945. The van der Waals surface area contributed by atoms with Crippen LogP contribution in [0.2, 0.25) is 0 Å². The van der Waals surface area contributed by atoms with Crippen molar-refractivity contribution in [2.75, 3.05) is 11.4 Å². The second-order valence-electron chi connectivity index (χ2n) is 6.65. The second-order valence-corrected chi connectivity index (χ2v) is 6.65. The average molecular weight is 358 g/mol. The summed E-state index contributed by atoms with van der Waals surface area (Å²) in [5, 5.41) is 2.85. The first kappa shape index (κ1) is 18.0. The molecule has 2 aromatic carbocycles. The van der Waals surface area contributed by atoms with Gasteiger partial charge in [-0.3, -0.25) is 9.59 Å². The van der Waals surface area contributed by atoms with Crippen LogP contribution in [0.1, 0.15) is 23.1 Å². The van der Waals surface area contributed by atoms with Crippen molar-refractivity contribution in [2.45, 2.75) is 26.8 Å². The quantitative estimate of drug-likeness (QED) is 0.912. The molecule has 0 radical (unpaired) electrons. The van der Waals surface area contributed by atoms with Crippen LogP contribution in [0.4, 0.5) is 14.5 Å². The Morgan fingerprint density at radius 1 is 1.19 bits per heavy atom. The van der Waals surface area contributed by atoms with Gasteiger partial charge in [0.15, 0.2) is 0 Å². The van der Waals surface area contributed by atoms with E-state index < -0.39 is 17.6 Å². The number of carbonyl (C=O) groups excluding carboxylic acids is 2. The lowest BCUT2D eigenvalue weighted by atomic mass is 10.0. The minimum absolute atomic E-state index is 0.000999. The Labute approximate surface area is 150 Å². The average Bonchev–Trinajstić information content (AvgIpc) is 2.95. The zero-order valence-electron chi connectivity index (χ0n) is 14.7. The van der Waals surface area contributed by atoms with Crippen molar-refractivity contribution in [3.63, 3.8) is 0 Å². The third kappa shape index (κ3) is 3.74. The van der Waals surface area contributed by atoms with Crippen molar-refractivity contribution >= 4 is 17.5 Å².